The Kier molecular flexibility index (Phi) is 24.6. The first-order valence-electron chi connectivity index (χ1n) is 16.2. The van der Waals surface area contributed by atoms with E-state index >= 15 is 0 Å². The number of aliphatic hydroxyl groups is 3. The van der Waals surface area contributed by atoms with E-state index in [0.29, 0.717) is 0 Å². The summed E-state index contributed by atoms with van der Waals surface area (Å²) >= 11 is 0. The van der Waals surface area contributed by atoms with Gasteiger partial charge in [-0.25, -0.2) is 0 Å². The molecular formula is C32H63NO8P+. The predicted molar refractivity (Wildman–Crippen MR) is 170 cm³/mol. The molecule has 0 aromatic heterocycles. The lowest BCUT2D eigenvalue weighted by Crippen LogP contribution is -2.48. The molecule has 0 aliphatic rings. The van der Waals surface area contributed by atoms with E-state index in [4.69, 9.17) is 19.5 Å². The third-order valence-corrected chi connectivity index (χ3v) is 9.73. The summed E-state index contributed by atoms with van der Waals surface area (Å²) in [6.45, 7) is 3.28. The van der Waals surface area contributed by atoms with Crippen LogP contribution in [0.5, 0.6) is 0 Å². The van der Waals surface area contributed by atoms with Crippen molar-refractivity contribution in [2.75, 3.05) is 33.9 Å². The zero-order valence-electron chi connectivity index (χ0n) is 27.0. The minimum atomic E-state index is -4.11. The Morgan fingerprint density at radius 3 is 1.79 bits per heavy atom. The van der Waals surface area contributed by atoms with Gasteiger partial charge in [-0.15, -0.1) is 0 Å². The number of allylic oxidation sites excluding steroid dienone is 4. The molecule has 0 heterocycles. The number of nitrogens with zero attached hydrogens (tertiary/aromatic N) is 1. The fourth-order valence-electron chi connectivity index (χ4n) is 4.39. The third-order valence-electron chi connectivity index (χ3n) is 7.64. The van der Waals surface area contributed by atoms with Crippen molar-refractivity contribution in [3.05, 3.63) is 24.3 Å². The van der Waals surface area contributed by atoms with Gasteiger partial charge in [-0.05, 0) is 64.7 Å². The zero-order chi connectivity index (χ0) is 31.7. The van der Waals surface area contributed by atoms with Gasteiger partial charge in [0.1, 0.15) is 12.7 Å². The van der Waals surface area contributed by atoms with E-state index in [1.54, 1.807) is 14.1 Å². The normalized spacial score (nSPS) is 15.5. The van der Waals surface area contributed by atoms with E-state index in [9.17, 15) is 19.4 Å². The molecule has 0 spiro atoms. The Hall–Kier alpha value is -1.06. The van der Waals surface area contributed by atoms with Crippen molar-refractivity contribution >= 4 is 13.6 Å². The first-order chi connectivity index (χ1) is 19.9. The van der Waals surface area contributed by atoms with Crippen LogP contribution in [-0.2, 0) is 18.6 Å². The van der Waals surface area contributed by atoms with Crippen LogP contribution in [0.3, 0.4) is 0 Å². The van der Waals surface area contributed by atoms with Crippen molar-refractivity contribution in [3.8, 4) is 0 Å². The van der Waals surface area contributed by atoms with E-state index in [0.717, 1.165) is 32.1 Å². The smallest absolute Gasteiger partial charge is 0.384 e. The molecule has 0 bridgehead atoms. The Morgan fingerprint density at radius 2 is 1.26 bits per heavy atom. The van der Waals surface area contributed by atoms with Crippen molar-refractivity contribution < 1.29 is 43.3 Å². The number of hydrogen-bond acceptors (Lipinski definition) is 7. The first-order valence-corrected chi connectivity index (χ1v) is 17.9. The lowest BCUT2D eigenvalue weighted by Gasteiger charge is -2.37. The highest BCUT2D eigenvalue weighted by Crippen LogP contribution is 2.50. The topological polar surface area (TPSA) is 134 Å². The van der Waals surface area contributed by atoms with Gasteiger partial charge in [0.15, 0.2) is 12.1 Å². The number of esters is 1. The molecule has 0 radical (unpaired) electrons. The Bertz CT molecular complexity index is 772. The highest BCUT2D eigenvalue weighted by atomic mass is 31.2. The van der Waals surface area contributed by atoms with Crippen LogP contribution >= 0.6 is 7.60 Å². The van der Waals surface area contributed by atoms with Gasteiger partial charge in [0.05, 0.1) is 27.2 Å². The lowest BCUT2D eigenvalue weighted by atomic mass is 10.1. The number of carbonyl (C=O) groups is 1. The lowest BCUT2D eigenvalue weighted by molar-refractivity contribution is -0.901. The molecule has 0 rings (SSSR count). The van der Waals surface area contributed by atoms with Crippen LogP contribution in [0.1, 0.15) is 123 Å². The predicted octanol–water partition coefficient (Wildman–Crippen LogP) is 6.59. The van der Waals surface area contributed by atoms with Crippen LogP contribution in [-0.4, -0.2) is 82.7 Å². The molecule has 42 heavy (non-hydrogen) atoms. The number of rotatable bonds is 28. The molecule has 9 nitrogen and oxygen atoms in total. The number of unbranched alkanes of at least 4 members (excludes halogenated alkanes) is 12. The van der Waals surface area contributed by atoms with E-state index in [2.05, 4.69) is 31.2 Å². The highest BCUT2D eigenvalue weighted by molar-refractivity contribution is 7.53. The molecule has 0 amide bonds. The minimum Gasteiger partial charge on any atom is -0.463 e. The van der Waals surface area contributed by atoms with Crippen LogP contribution in [0.25, 0.3) is 0 Å². The molecule has 2 unspecified atom stereocenters. The van der Waals surface area contributed by atoms with Gasteiger partial charge in [0.2, 0.25) is 0 Å². The SMILES string of the molecule is CCCCC/C=C\CCCC/C=C\CCCCCCCCC(=O)OC[C@@H](O)COP(=O)(O)C(C)[N+](C)(C)CCC(O)O. The summed E-state index contributed by atoms with van der Waals surface area (Å²) in [6.07, 6.45) is 24.4. The zero-order valence-corrected chi connectivity index (χ0v) is 27.9. The van der Waals surface area contributed by atoms with E-state index in [-0.39, 0.29) is 30.5 Å². The maximum absolute atomic E-state index is 12.6. The molecule has 0 aliphatic heterocycles. The quantitative estimate of drug-likeness (QED) is 0.0192. The van der Waals surface area contributed by atoms with Crippen LogP contribution < -0.4 is 0 Å². The van der Waals surface area contributed by atoms with Crippen molar-refractivity contribution in [3.63, 3.8) is 0 Å². The van der Waals surface area contributed by atoms with E-state index in [1.165, 1.54) is 71.1 Å². The van der Waals surface area contributed by atoms with Crippen LogP contribution in [0.4, 0.5) is 0 Å². The molecule has 0 saturated heterocycles. The summed E-state index contributed by atoms with van der Waals surface area (Å²) in [5.41, 5.74) is 0. The minimum absolute atomic E-state index is 0.0330. The van der Waals surface area contributed by atoms with E-state index < -0.39 is 38.3 Å². The molecule has 0 aromatic rings. The van der Waals surface area contributed by atoms with Gasteiger partial charge in [0, 0.05) is 12.8 Å². The second-order valence-corrected chi connectivity index (χ2v) is 14.1. The molecule has 0 aliphatic carbocycles. The van der Waals surface area contributed by atoms with Crippen LogP contribution in [0, 0.1) is 0 Å². The number of quaternary nitrogens is 1. The first kappa shape index (κ1) is 40.9. The molecule has 0 saturated carbocycles. The van der Waals surface area contributed by atoms with Gasteiger partial charge in [-0.1, -0.05) is 69.8 Å². The van der Waals surface area contributed by atoms with Gasteiger partial charge >= 0.3 is 13.6 Å². The highest BCUT2D eigenvalue weighted by Gasteiger charge is 2.41. The van der Waals surface area contributed by atoms with Crippen molar-refractivity contribution in [2.45, 2.75) is 141 Å². The third kappa shape index (κ3) is 23.4. The average Bonchev–Trinajstić information content (AvgIpc) is 2.94. The second kappa shape index (κ2) is 25.3. The van der Waals surface area contributed by atoms with Gasteiger partial charge in [0.25, 0.3) is 0 Å². The van der Waals surface area contributed by atoms with E-state index in [1.807, 2.05) is 0 Å². The average molecular weight is 621 g/mol. The summed E-state index contributed by atoms with van der Waals surface area (Å²) in [5, 5.41) is 28.2. The molecule has 0 fully saturated rings. The maximum atomic E-state index is 12.6. The van der Waals surface area contributed by atoms with Crippen molar-refractivity contribution in [2.24, 2.45) is 0 Å². The maximum Gasteiger partial charge on any atom is 0.384 e. The largest absolute Gasteiger partial charge is 0.463 e. The van der Waals surface area contributed by atoms with Crippen LogP contribution in [0.2, 0.25) is 0 Å². The van der Waals surface area contributed by atoms with Crippen molar-refractivity contribution in [1.29, 1.82) is 0 Å². The summed E-state index contributed by atoms with van der Waals surface area (Å²) in [7, 11) is -0.737. The number of ether oxygens (including phenoxy) is 1. The molecule has 4 N–H and O–H groups in total. The summed E-state index contributed by atoms with van der Waals surface area (Å²) in [6, 6.07) is 0. The number of hydrogen-bond donors (Lipinski definition) is 4. The molecule has 3 atom stereocenters. The monoisotopic (exact) mass is 620 g/mol. The van der Waals surface area contributed by atoms with Gasteiger partial charge < -0.3 is 34.0 Å². The Labute approximate surface area is 256 Å². The van der Waals surface area contributed by atoms with Gasteiger partial charge in [-0.3, -0.25) is 9.36 Å². The Balaban J connectivity index is 3.76. The van der Waals surface area contributed by atoms with Gasteiger partial charge in [-0.2, -0.15) is 0 Å². The standard InChI is InChI=1S/C32H62NO8P/c1-5-6-7-8-9-10-11-12-13-14-15-16-17-18-19-20-21-22-23-24-32(37)40-27-30(34)28-41-42(38,39)29(2)33(3,4)26-25-31(35)36/h9-10,15-16,29-31,34-36H,5-8,11-14,17-28H2,1-4H3/p+1/b10-9-,16-15-/t29?,30-/m1/s1. The number of carbonyl (C=O) groups excluding carboxylic acids is 1. The number of aliphatic hydroxyl groups excluding tert-OH is 2. The fraction of sp³-hybridized carbons (Fsp3) is 0.844. The molecule has 248 valence electrons. The Morgan fingerprint density at radius 1 is 0.786 bits per heavy atom. The second-order valence-electron chi connectivity index (χ2n) is 12.0. The van der Waals surface area contributed by atoms with Crippen LogP contribution in [0.15, 0.2) is 24.3 Å². The summed E-state index contributed by atoms with van der Waals surface area (Å²) in [5.74, 6) is -1.25. The van der Waals surface area contributed by atoms with Crippen molar-refractivity contribution in [1.82, 2.24) is 0 Å². The molecule has 10 heteroatoms. The molecule has 0 aromatic carbocycles. The molecular weight excluding hydrogens is 557 g/mol. The fourth-order valence-corrected chi connectivity index (χ4v) is 5.89. The summed E-state index contributed by atoms with van der Waals surface area (Å²) < 4.78 is 22.8. The summed E-state index contributed by atoms with van der Waals surface area (Å²) in [4.78, 5) is 22.3.